The second kappa shape index (κ2) is 45.6. The predicted octanol–water partition coefficient (Wildman–Crippen LogP) is 15.2. The van der Waals surface area contributed by atoms with Gasteiger partial charge in [-0.3, -0.25) is 14.2 Å². The van der Waals surface area contributed by atoms with Gasteiger partial charge in [-0.25, -0.2) is 0 Å². The first-order chi connectivity index (χ1) is 30.5. The number of allylic oxidation sites excluding steroid dienone is 4. The number of esters is 2. The molecule has 0 rings (SSSR count). The van der Waals surface area contributed by atoms with E-state index in [-0.39, 0.29) is 32.0 Å². The van der Waals surface area contributed by atoms with Crippen molar-refractivity contribution in [1.82, 2.24) is 0 Å². The molecule has 0 N–H and O–H groups in total. The highest BCUT2D eigenvalue weighted by Crippen LogP contribution is 2.38. The smallest absolute Gasteiger partial charge is 0.306 e. The Kier molecular flexibility index (Phi) is 44.5. The lowest BCUT2D eigenvalue weighted by Gasteiger charge is -2.28. The van der Waals surface area contributed by atoms with Gasteiger partial charge in [0, 0.05) is 12.8 Å². The third-order valence-corrected chi connectivity index (χ3v) is 12.7. The Bertz CT molecular complexity index is 1120. The van der Waals surface area contributed by atoms with Gasteiger partial charge in [-0.2, -0.15) is 0 Å². The molecule has 0 radical (unpaired) electrons. The third-order valence-electron chi connectivity index (χ3n) is 11.7. The number of quaternary nitrogens is 1. The van der Waals surface area contributed by atoms with Crippen LogP contribution in [0.5, 0.6) is 0 Å². The first kappa shape index (κ1) is 61.5. The molecule has 9 nitrogen and oxygen atoms in total. The zero-order valence-corrected chi connectivity index (χ0v) is 42.9. The fourth-order valence-corrected chi connectivity index (χ4v) is 8.26. The van der Waals surface area contributed by atoms with Crippen LogP contribution in [0, 0.1) is 0 Å². The lowest BCUT2D eigenvalue weighted by molar-refractivity contribution is -0.870. The SMILES string of the molecule is CCCCCCCCC/C=C\CCCCCCCCCC(=O)OCC(COP(=O)([O-])OCC[N+](C)(C)C)OC(=O)CCCCCCCCCCC/C=C\CCCCCCCCCC. The Balaban J connectivity index is 4.22. The molecule has 2 atom stereocenters. The number of phosphoric ester groups is 1. The number of carbonyl (C=O) groups is 2. The minimum atomic E-state index is -4.63. The highest BCUT2D eigenvalue weighted by molar-refractivity contribution is 7.45. The summed E-state index contributed by atoms with van der Waals surface area (Å²) in [5.74, 6) is -0.831. The van der Waals surface area contributed by atoms with Crippen LogP contribution in [0.3, 0.4) is 0 Å². The van der Waals surface area contributed by atoms with Crippen LogP contribution in [0.15, 0.2) is 24.3 Å². The maximum Gasteiger partial charge on any atom is 0.306 e. The summed E-state index contributed by atoms with van der Waals surface area (Å²) in [6.45, 7) is 4.26. The highest BCUT2D eigenvalue weighted by atomic mass is 31.2. The Morgan fingerprint density at radius 1 is 0.476 bits per heavy atom. The Hall–Kier alpha value is -1.51. The van der Waals surface area contributed by atoms with E-state index in [1.807, 2.05) is 21.1 Å². The Morgan fingerprint density at radius 2 is 0.810 bits per heavy atom. The fourth-order valence-electron chi connectivity index (χ4n) is 7.53. The van der Waals surface area contributed by atoms with E-state index < -0.39 is 26.5 Å². The van der Waals surface area contributed by atoms with Crippen LogP contribution >= 0.6 is 7.82 Å². The first-order valence-electron chi connectivity index (χ1n) is 26.5. The second-order valence-corrected chi connectivity index (χ2v) is 20.6. The van der Waals surface area contributed by atoms with E-state index in [9.17, 15) is 19.0 Å². The Morgan fingerprint density at radius 3 is 1.17 bits per heavy atom. The van der Waals surface area contributed by atoms with Crippen LogP contribution < -0.4 is 4.89 Å². The number of nitrogens with zero attached hydrogens (tertiary/aromatic N) is 1. The van der Waals surface area contributed by atoms with Crippen LogP contribution in [0.4, 0.5) is 0 Å². The monoisotopic (exact) mass is 912 g/mol. The number of ether oxygens (including phenoxy) is 2. The molecule has 0 amide bonds. The topological polar surface area (TPSA) is 111 Å². The molecule has 0 heterocycles. The van der Waals surface area contributed by atoms with Gasteiger partial charge in [0.1, 0.15) is 19.8 Å². The summed E-state index contributed by atoms with van der Waals surface area (Å²) < 4.78 is 34.1. The molecule has 0 saturated carbocycles. The minimum Gasteiger partial charge on any atom is -0.756 e. The van der Waals surface area contributed by atoms with Gasteiger partial charge in [-0.1, -0.05) is 199 Å². The van der Waals surface area contributed by atoms with Crippen molar-refractivity contribution in [2.24, 2.45) is 0 Å². The fraction of sp³-hybridized carbons (Fsp3) is 0.887. The van der Waals surface area contributed by atoms with Gasteiger partial charge in [0.2, 0.25) is 0 Å². The molecule has 0 aliphatic heterocycles. The van der Waals surface area contributed by atoms with Gasteiger partial charge >= 0.3 is 11.9 Å². The zero-order valence-electron chi connectivity index (χ0n) is 42.0. The van der Waals surface area contributed by atoms with Crippen LogP contribution in [0.2, 0.25) is 0 Å². The summed E-state index contributed by atoms with van der Waals surface area (Å²) >= 11 is 0. The Labute approximate surface area is 389 Å². The molecule has 10 heteroatoms. The minimum absolute atomic E-state index is 0.0302. The number of rotatable bonds is 49. The van der Waals surface area contributed by atoms with Crippen molar-refractivity contribution in [1.29, 1.82) is 0 Å². The maximum absolute atomic E-state index is 12.8. The number of carbonyl (C=O) groups excluding carboxylic acids is 2. The van der Waals surface area contributed by atoms with Crippen LogP contribution in [-0.4, -0.2) is 70.0 Å². The van der Waals surface area contributed by atoms with E-state index >= 15 is 0 Å². The number of likely N-dealkylation sites (N-methyl/N-ethyl adjacent to an activating group) is 1. The molecule has 0 aliphatic carbocycles. The molecule has 372 valence electrons. The summed E-state index contributed by atoms with van der Waals surface area (Å²) in [6.07, 6.45) is 52.1. The summed E-state index contributed by atoms with van der Waals surface area (Å²) in [5.41, 5.74) is 0. The van der Waals surface area contributed by atoms with Crippen molar-refractivity contribution < 1.29 is 42.1 Å². The molecule has 0 aliphatic rings. The average molecular weight is 912 g/mol. The summed E-state index contributed by atoms with van der Waals surface area (Å²) in [6, 6.07) is 0. The van der Waals surface area contributed by atoms with E-state index in [2.05, 4.69) is 38.2 Å². The van der Waals surface area contributed by atoms with Gasteiger partial charge in [-0.05, 0) is 64.2 Å². The molecule has 0 aromatic heterocycles. The standard InChI is InChI=1S/C53H102NO8P/c1-6-8-10-12-14-16-18-20-22-24-26-27-28-30-32-34-36-38-40-42-44-46-53(56)62-51(50-61-63(57,58)60-48-47-54(3,4)5)49-59-52(55)45-43-41-39-37-35-33-31-29-25-23-21-19-17-15-13-11-9-7-2/h23-26,51H,6-22,27-50H2,1-5H3/b25-23-,26-24-. The normalized spacial score (nSPS) is 13.6. The van der Waals surface area contributed by atoms with Crippen LogP contribution in [0.1, 0.15) is 251 Å². The van der Waals surface area contributed by atoms with Crippen molar-refractivity contribution in [3.05, 3.63) is 24.3 Å². The van der Waals surface area contributed by atoms with Gasteiger partial charge in [0.05, 0.1) is 27.7 Å². The maximum atomic E-state index is 12.8. The molecule has 0 aromatic carbocycles. The lowest BCUT2D eigenvalue weighted by atomic mass is 10.1. The molecule has 0 fully saturated rings. The van der Waals surface area contributed by atoms with Crippen LogP contribution in [0.25, 0.3) is 0 Å². The largest absolute Gasteiger partial charge is 0.756 e. The summed E-state index contributed by atoms with van der Waals surface area (Å²) in [4.78, 5) is 37.7. The quantitative estimate of drug-likeness (QED) is 0.0195. The number of phosphoric acid groups is 1. The van der Waals surface area contributed by atoms with Crippen molar-refractivity contribution in [2.75, 3.05) is 47.5 Å². The molecule has 63 heavy (non-hydrogen) atoms. The van der Waals surface area contributed by atoms with Gasteiger partial charge in [0.25, 0.3) is 7.82 Å². The van der Waals surface area contributed by atoms with E-state index in [0.29, 0.717) is 17.4 Å². The molecular weight excluding hydrogens is 810 g/mol. The molecule has 0 bridgehead atoms. The highest BCUT2D eigenvalue weighted by Gasteiger charge is 2.21. The predicted molar refractivity (Wildman–Crippen MR) is 264 cm³/mol. The third kappa shape index (κ3) is 49.8. The number of unbranched alkanes of at least 4 members (excludes halogenated alkanes) is 31. The lowest BCUT2D eigenvalue weighted by Crippen LogP contribution is -2.37. The van der Waals surface area contributed by atoms with Crippen LogP contribution in [-0.2, 0) is 32.7 Å². The van der Waals surface area contributed by atoms with Crippen molar-refractivity contribution >= 4 is 19.8 Å². The van der Waals surface area contributed by atoms with E-state index in [0.717, 1.165) is 51.4 Å². The van der Waals surface area contributed by atoms with Gasteiger partial charge in [-0.15, -0.1) is 0 Å². The van der Waals surface area contributed by atoms with Gasteiger partial charge in [0.15, 0.2) is 6.10 Å². The number of hydrogen-bond donors (Lipinski definition) is 0. The molecule has 2 unspecified atom stereocenters. The van der Waals surface area contributed by atoms with Crippen molar-refractivity contribution in [3.63, 3.8) is 0 Å². The second-order valence-electron chi connectivity index (χ2n) is 19.2. The van der Waals surface area contributed by atoms with Gasteiger partial charge < -0.3 is 27.9 Å². The molecular formula is C53H102NO8P. The molecule has 0 saturated heterocycles. The van der Waals surface area contributed by atoms with E-state index in [1.165, 1.54) is 167 Å². The molecule has 0 spiro atoms. The zero-order chi connectivity index (χ0) is 46.4. The summed E-state index contributed by atoms with van der Waals surface area (Å²) in [5, 5.41) is 0. The average Bonchev–Trinajstić information content (AvgIpc) is 3.24. The summed E-state index contributed by atoms with van der Waals surface area (Å²) in [7, 11) is 1.17. The van der Waals surface area contributed by atoms with Crippen molar-refractivity contribution in [2.45, 2.75) is 258 Å². The van der Waals surface area contributed by atoms with E-state index in [1.54, 1.807) is 0 Å². The first-order valence-corrected chi connectivity index (χ1v) is 28.0. The van der Waals surface area contributed by atoms with E-state index in [4.69, 9.17) is 18.5 Å². The number of hydrogen-bond acceptors (Lipinski definition) is 8. The van der Waals surface area contributed by atoms with Crippen molar-refractivity contribution in [3.8, 4) is 0 Å². The molecule has 0 aromatic rings.